The minimum absolute atomic E-state index is 0.0335. The van der Waals surface area contributed by atoms with Gasteiger partial charge in [-0.2, -0.15) is 0 Å². The second-order valence-electron chi connectivity index (χ2n) is 6.51. The number of pyridine rings is 1. The van der Waals surface area contributed by atoms with Gasteiger partial charge in [-0.15, -0.1) is 0 Å². The molecule has 3 rings (SSSR count). The van der Waals surface area contributed by atoms with Gasteiger partial charge in [0.1, 0.15) is 5.82 Å². The number of aromatic nitrogens is 1. The van der Waals surface area contributed by atoms with Crippen molar-refractivity contribution in [2.45, 2.75) is 19.1 Å². The average molecular weight is 478 g/mol. The van der Waals surface area contributed by atoms with Crippen molar-refractivity contribution in [3.63, 3.8) is 0 Å². The number of benzene rings is 2. The van der Waals surface area contributed by atoms with Gasteiger partial charge in [-0.25, -0.2) is 18.2 Å². The molecule has 0 aliphatic rings. The topological polar surface area (TPSA) is 45.2 Å². The molecule has 0 aliphatic heterocycles. The van der Waals surface area contributed by atoms with E-state index >= 15 is 0 Å². The predicted octanol–water partition coefficient (Wildman–Crippen LogP) is 5.83. The minimum atomic E-state index is -3.30. The Morgan fingerprint density at radius 3 is 2.43 bits per heavy atom. The molecule has 156 valence electrons. The molecule has 1 unspecified atom stereocenters. The summed E-state index contributed by atoms with van der Waals surface area (Å²) >= 11 is 3.37. The van der Waals surface area contributed by atoms with Crippen molar-refractivity contribution < 1.29 is 18.0 Å². The number of halogens is 4. The summed E-state index contributed by atoms with van der Waals surface area (Å²) in [6.07, 6.45) is -4.48. The lowest BCUT2D eigenvalue weighted by Crippen LogP contribution is -2.43. The third kappa shape index (κ3) is 5.82. The fourth-order valence-corrected chi connectivity index (χ4v) is 3.24. The highest BCUT2D eigenvalue weighted by atomic mass is 79.9. The van der Waals surface area contributed by atoms with Gasteiger partial charge in [-0.1, -0.05) is 52.3 Å². The largest absolute Gasteiger partial charge is 0.340 e. The van der Waals surface area contributed by atoms with Gasteiger partial charge < -0.3 is 10.2 Å². The number of rotatable bonds is 8. The standard InChI is InChI=1S/C22H19BrF3N3O/c23-17-7-4-8-18(13-17)28-19-10-9-16(14-27-19)22(30)29(21(26)20(24)25)12-11-15-5-2-1-3-6-15/h1-10,13-14,20-21H,11-12H2,(H,27,28). The Morgan fingerprint density at radius 2 is 1.80 bits per heavy atom. The monoisotopic (exact) mass is 477 g/mol. The van der Waals surface area contributed by atoms with Crippen molar-refractivity contribution in [1.82, 2.24) is 9.88 Å². The highest BCUT2D eigenvalue weighted by Gasteiger charge is 2.31. The summed E-state index contributed by atoms with van der Waals surface area (Å²) in [5, 5.41) is 3.07. The van der Waals surface area contributed by atoms with Crippen LogP contribution in [0, 0.1) is 0 Å². The normalized spacial score (nSPS) is 11.9. The molecule has 1 N–H and O–H groups in total. The Morgan fingerprint density at radius 1 is 1.03 bits per heavy atom. The smallest absolute Gasteiger partial charge is 0.287 e. The van der Waals surface area contributed by atoms with Crippen molar-refractivity contribution in [1.29, 1.82) is 0 Å². The number of carbonyl (C=O) groups is 1. The number of alkyl halides is 3. The van der Waals surface area contributed by atoms with E-state index < -0.39 is 18.6 Å². The molecule has 0 bridgehead atoms. The van der Waals surface area contributed by atoms with Crippen molar-refractivity contribution in [3.05, 3.63) is 88.5 Å². The van der Waals surface area contributed by atoms with Crippen LogP contribution in [0.15, 0.2) is 77.4 Å². The zero-order chi connectivity index (χ0) is 21.5. The first-order valence-electron chi connectivity index (χ1n) is 9.20. The molecule has 1 aromatic heterocycles. The molecule has 0 radical (unpaired) electrons. The van der Waals surface area contributed by atoms with E-state index in [4.69, 9.17) is 0 Å². The lowest BCUT2D eigenvalue weighted by atomic mass is 10.1. The van der Waals surface area contributed by atoms with Gasteiger partial charge in [0.2, 0.25) is 6.30 Å². The van der Waals surface area contributed by atoms with Crippen LogP contribution in [0.4, 0.5) is 24.7 Å². The summed E-state index contributed by atoms with van der Waals surface area (Å²) in [5.74, 6) is -0.369. The molecule has 0 saturated heterocycles. The Bertz CT molecular complexity index is 971. The fraction of sp³-hybridized carbons (Fsp3) is 0.182. The molecule has 3 aromatic rings. The number of nitrogens with zero attached hydrogens (tertiary/aromatic N) is 2. The van der Waals surface area contributed by atoms with E-state index in [-0.39, 0.29) is 18.5 Å². The number of amides is 1. The van der Waals surface area contributed by atoms with Crippen LogP contribution in [0.5, 0.6) is 0 Å². The Balaban J connectivity index is 1.72. The minimum Gasteiger partial charge on any atom is -0.340 e. The van der Waals surface area contributed by atoms with Crippen LogP contribution in [-0.4, -0.2) is 35.1 Å². The van der Waals surface area contributed by atoms with Gasteiger partial charge in [0.05, 0.1) is 5.56 Å². The van der Waals surface area contributed by atoms with Crippen LogP contribution in [0.25, 0.3) is 0 Å². The Hall–Kier alpha value is -2.87. The van der Waals surface area contributed by atoms with Crippen LogP contribution in [0.2, 0.25) is 0 Å². The van der Waals surface area contributed by atoms with Crippen molar-refractivity contribution >= 4 is 33.3 Å². The first-order chi connectivity index (χ1) is 14.4. The van der Waals surface area contributed by atoms with Crippen molar-refractivity contribution in [3.8, 4) is 0 Å². The van der Waals surface area contributed by atoms with Gasteiger partial charge in [0.15, 0.2) is 0 Å². The first kappa shape index (κ1) is 21.8. The van der Waals surface area contributed by atoms with Crippen LogP contribution >= 0.6 is 15.9 Å². The van der Waals surface area contributed by atoms with E-state index in [0.29, 0.717) is 10.7 Å². The molecule has 8 heteroatoms. The third-order valence-corrected chi connectivity index (χ3v) is 4.85. The van der Waals surface area contributed by atoms with Crippen LogP contribution in [0.1, 0.15) is 15.9 Å². The maximum Gasteiger partial charge on any atom is 0.287 e. The highest BCUT2D eigenvalue weighted by molar-refractivity contribution is 9.10. The van der Waals surface area contributed by atoms with Gasteiger partial charge in [0.25, 0.3) is 12.3 Å². The van der Waals surface area contributed by atoms with Crippen molar-refractivity contribution in [2.75, 3.05) is 11.9 Å². The number of nitrogens with one attached hydrogen (secondary N) is 1. The number of hydrogen-bond donors (Lipinski definition) is 1. The molecule has 0 saturated carbocycles. The maximum atomic E-state index is 14.2. The molecule has 4 nitrogen and oxygen atoms in total. The molecule has 2 aromatic carbocycles. The quantitative estimate of drug-likeness (QED) is 0.415. The van der Waals surface area contributed by atoms with E-state index in [1.807, 2.05) is 30.3 Å². The predicted molar refractivity (Wildman–Crippen MR) is 114 cm³/mol. The van der Waals surface area contributed by atoms with Gasteiger partial charge >= 0.3 is 0 Å². The summed E-state index contributed by atoms with van der Waals surface area (Å²) in [7, 11) is 0. The summed E-state index contributed by atoms with van der Waals surface area (Å²) in [4.78, 5) is 17.4. The molecule has 0 fully saturated rings. The Kier molecular flexibility index (Phi) is 7.46. The van der Waals surface area contributed by atoms with E-state index in [0.717, 1.165) is 15.7 Å². The summed E-state index contributed by atoms with van der Waals surface area (Å²) in [5.41, 5.74) is 1.64. The number of carbonyl (C=O) groups excluding carboxylic acids is 1. The number of hydrogen-bond acceptors (Lipinski definition) is 3. The molecule has 1 amide bonds. The zero-order valence-corrected chi connectivity index (χ0v) is 17.4. The second kappa shape index (κ2) is 10.2. The second-order valence-corrected chi connectivity index (χ2v) is 7.42. The first-order valence-corrected chi connectivity index (χ1v) is 9.99. The van der Waals surface area contributed by atoms with Crippen LogP contribution < -0.4 is 5.32 Å². The van der Waals surface area contributed by atoms with E-state index in [9.17, 15) is 18.0 Å². The van der Waals surface area contributed by atoms with Crippen LogP contribution in [0.3, 0.4) is 0 Å². The molecule has 0 aliphatic carbocycles. The SMILES string of the molecule is O=C(c1ccc(Nc2cccc(Br)c2)nc1)N(CCc1ccccc1)C(F)C(F)F. The lowest BCUT2D eigenvalue weighted by Gasteiger charge is -2.26. The maximum absolute atomic E-state index is 14.2. The highest BCUT2D eigenvalue weighted by Crippen LogP contribution is 2.21. The van der Waals surface area contributed by atoms with Crippen molar-refractivity contribution in [2.24, 2.45) is 0 Å². The molecular weight excluding hydrogens is 459 g/mol. The third-order valence-electron chi connectivity index (χ3n) is 4.36. The summed E-state index contributed by atoms with van der Waals surface area (Å²) in [6, 6.07) is 19.4. The van der Waals surface area contributed by atoms with Gasteiger partial charge in [-0.3, -0.25) is 4.79 Å². The molecule has 1 heterocycles. The molecule has 1 atom stereocenters. The van der Waals surface area contributed by atoms with Gasteiger partial charge in [0, 0.05) is 22.9 Å². The fourth-order valence-electron chi connectivity index (χ4n) is 2.84. The lowest BCUT2D eigenvalue weighted by molar-refractivity contribution is -0.0366. The molecule has 30 heavy (non-hydrogen) atoms. The molecular formula is C22H19BrF3N3O. The molecule has 0 spiro atoms. The average Bonchev–Trinajstić information content (AvgIpc) is 2.75. The number of anilines is 2. The van der Waals surface area contributed by atoms with Gasteiger partial charge in [-0.05, 0) is 42.3 Å². The van der Waals surface area contributed by atoms with E-state index in [1.165, 1.54) is 12.3 Å². The Labute approximate surface area is 180 Å². The van der Waals surface area contributed by atoms with E-state index in [1.54, 1.807) is 30.3 Å². The summed E-state index contributed by atoms with van der Waals surface area (Å²) in [6.45, 7) is -0.174. The van der Waals surface area contributed by atoms with Crippen LogP contribution in [-0.2, 0) is 6.42 Å². The van der Waals surface area contributed by atoms with E-state index in [2.05, 4.69) is 26.2 Å². The zero-order valence-electron chi connectivity index (χ0n) is 15.8. The summed E-state index contributed by atoms with van der Waals surface area (Å²) < 4.78 is 41.1.